The number of H-pyrrole nitrogens is 2. The zero-order valence-corrected chi connectivity index (χ0v) is 75.4. The average Bonchev–Trinajstić information content (AvgIpc) is 1.25. The van der Waals surface area contributed by atoms with Crippen molar-refractivity contribution >= 4 is 128 Å². The molecule has 1 aliphatic rings. The number of hydrogen-bond acceptors (Lipinski definition) is 19. The van der Waals surface area contributed by atoms with Gasteiger partial charge in [0.2, 0.25) is 88.6 Å². The van der Waals surface area contributed by atoms with Gasteiger partial charge in [-0.3, -0.25) is 76.7 Å². The molecule has 0 spiro atoms. The molecule has 131 heavy (non-hydrogen) atoms. The van der Waals surface area contributed by atoms with E-state index in [1.807, 2.05) is 6.92 Å². The number of nitrogens with two attached hydrogens (primary N) is 1. The minimum atomic E-state index is -1.92. The van der Waals surface area contributed by atoms with Crippen LogP contribution >= 0.6 is 11.8 Å². The van der Waals surface area contributed by atoms with Gasteiger partial charge in [0.05, 0.1) is 31.8 Å². The fourth-order valence-corrected chi connectivity index (χ4v) is 16.2. The maximum atomic E-state index is 15.5. The fourth-order valence-electron chi connectivity index (χ4n) is 15.3. The number of para-hydroxylation sites is 2. The molecule has 15 amide bonds. The summed E-state index contributed by atoms with van der Waals surface area (Å²) < 4.78 is 0. The largest absolute Gasteiger partial charge is 0.508 e. The van der Waals surface area contributed by atoms with E-state index in [0.29, 0.717) is 68.0 Å². The molecule has 1 saturated heterocycles. The van der Waals surface area contributed by atoms with Crippen molar-refractivity contribution in [2.45, 2.75) is 172 Å². The number of aromatic hydroxyl groups is 2. The number of aliphatic carboxylic acids is 1. The number of benzene rings is 6. The number of phenols is 2. The number of rotatable bonds is 23. The highest BCUT2D eigenvalue weighted by Gasteiger charge is 2.42. The minimum Gasteiger partial charge on any atom is -0.508 e. The molecule has 0 aliphatic carbocycles. The van der Waals surface area contributed by atoms with Crippen LogP contribution in [-0.4, -0.2) is 265 Å². The van der Waals surface area contributed by atoms with Crippen LogP contribution in [0.5, 0.6) is 11.5 Å². The number of carboxylic acid groups (broad SMARTS) is 1. The Bertz CT molecular complexity index is 5360. The SMILES string of the molecule is CCCC[C@H]1C(=O)N(C)CC(=O)N[C@@H](CC(=O)O)C(=O)N[C@@H](C(C)C)C(=O)N[C@@H](Cc2c[nH]c3ccccc23)C(=O)N[C@@H](Cc2ccc(O)cc2)C(=O)N(C)CC(=O)N[C@@H](Cc2c[nH]c3ccccc23)C(=O)N[C@@H](Cc2ccc(O)cc2)C(=O)N[C@@H](CC(C)C)C(=O)N[C@H](C(=O)NCC(N)=O)CSCC(=O)N[C@@H](Cc2ccccc2)C(=O)N(C)[C@H](Cc2ccccc2)C(=O)N1C. The Labute approximate surface area is 762 Å². The smallest absolute Gasteiger partial charge is 0.305 e. The van der Waals surface area contributed by atoms with E-state index in [0.717, 1.165) is 21.6 Å². The van der Waals surface area contributed by atoms with Crippen LogP contribution in [0.25, 0.3) is 21.8 Å². The van der Waals surface area contributed by atoms with Crippen molar-refractivity contribution < 1.29 is 92.0 Å². The van der Waals surface area contributed by atoms with Gasteiger partial charge in [-0.25, -0.2) is 0 Å². The first-order chi connectivity index (χ1) is 62.4. The maximum absolute atomic E-state index is 15.5. The summed E-state index contributed by atoms with van der Waals surface area (Å²) in [6.07, 6.45) is 1.58. The predicted molar refractivity (Wildman–Crippen MR) is 489 cm³/mol. The van der Waals surface area contributed by atoms with Crippen molar-refractivity contribution in [3.63, 3.8) is 0 Å². The minimum absolute atomic E-state index is 0.0260. The number of nitrogens with one attached hydrogen (secondary N) is 12. The molecule has 1 fully saturated rings. The highest BCUT2D eigenvalue weighted by atomic mass is 32.2. The van der Waals surface area contributed by atoms with Crippen LogP contribution in [0.15, 0.2) is 170 Å². The number of likely N-dealkylation sites (N-methyl/N-ethyl adjacent to an activating group) is 4. The van der Waals surface area contributed by atoms with Crippen LogP contribution in [0.2, 0.25) is 0 Å². The Balaban J connectivity index is 1.11. The van der Waals surface area contributed by atoms with Gasteiger partial charge in [0.25, 0.3) is 0 Å². The standard InChI is InChI=1S/C94H117N17O19S/c1-10-11-30-76-93(129)109(7)51-80(116)100-72(46-82(118)119)89(125)107-83(55(4)5)90(126)104-71(45-61-48-97-67-29-21-19-27-65(61)67)88(124)105-73(42-59-33-37-63(113)38-34-59)91(127)108(6)50-79(115)99-70(44-60-47-96-66-28-20-18-26-64(60)66)87(123)103-69(40-58-31-35-62(112)36-32-58)86(122)102-68(39-54(2)3)85(121)106-75(84(120)98-49-78(95)114)52-131-53-81(117)101-74(41-56-22-14-12-15-23-56)92(128)111(9)77(94(130)110(76)8)43-57-24-16-13-17-25-57/h12-29,31-38,47-48,54-55,68-77,83,96-97,112-113H,10-11,30,39-46,49-53H2,1-9H3,(H2,95,114)(H,98,120)(H,99,115)(H,100,116)(H,101,117)(H,102,122)(H,103,123)(H,104,126)(H,105,124)(H,106,121)(H,107,125)(H,118,119)/t68-,69-,70-,71-,72-,73-,74-,75-,76-,77+,83-/m0/s1. The Hall–Kier alpha value is -14.1. The second-order valence-electron chi connectivity index (χ2n) is 33.5. The number of carbonyl (C=O) groups excluding carboxylic acids is 15. The number of aromatic amines is 2. The number of amides is 15. The van der Waals surface area contributed by atoms with Gasteiger partial charge < -0.3 is 104 Å². The first kappa shape index (κ1) is 101. The van der Waals surface area contributed by atoms with Crippen LogP contribution in [0, 0.1) is 11.8 Å². The van der Waals surface area contributed by atoms with Crippen LogP contribution in [0.1, 0.15) is 100 Å². The molecule has 2 aromatic heterocycles. The third kappa shape index (κ3) is 29.7. The van der Waals surface area contributed by atoms with Gasteiger partial charge in [0.15, 0.2) is 0 Å². The summed E-state index contributed by atoms with van der Waals surface area (Å²) in [7, 11) is 5.24. The van der Waals surface area contributed by atoms with Gasteiger partial charge in [-0.15, -0.1) is 11.8 Å². The van der Waals surface area contributed by atoms with Crippen LogP contribution in [0.3, 0.4) is 0 Å². The van der Waals surface area contributed by atoms with Gasteiger partial charge in [-0.05, 0) is 94.5 Å². The lowest BCUT2D eigenvalue weighted by molar-refractivity contribution is -0.151. The summed E-state index contributed by atoms with van der Waals surface area (Å²) in [5.74, 6) is -17.7. The van der Waals surface area contributed by atoms with Crippen molar-refractivity contribution in [3.05, 3.63) is 203 Å². The molecule has 9 rings (SSSR count). The van der Waals surface area contributed by atoms with Crippen molar-refractivity contribution in [1.82, 2.24) is 82.7 Å². The summed E-state index contributed by atoms with van der Waals surface area (Å²) in [6, 6.07) is 25.6. The number of thioether (sulfide) groups is 1. The van der Waals surface area contributed by atoms with Crippen LogP contribution in [-0.2, 0) is 115 Å². The van der Waals surface area contributed by atoms with E-state index < -0.39 is 199 Å². The third-order valence-corrected chi connectivity index (χ3v) is 23.5. The molecule has 8 aromatic rings. The topological polar surface area (TPSA) is 525 Å². The first-order valence-electron chi connectivity index (χ1n) is 43.3. The van der Waals surface area contributed by atoms with E-state index in [1.54, 1.807) is 149 Å². The molecule has 0 saturated carbocycles. The van der Waals surface area contributed by atoms with Gasteiger partial charge in [0, 0.05) is 107 Å². The number of unbranched alkanes of at least 4 members (excludes halogenated alkanes) is 1. The van der Waals surface area contributed by atoms with Crippen LogP contribution < -0.4 is 58.9 Å². The average molecular weight is 1820 g/mol. The van der Waals surface area contributed by atoms with Crippen molar-refractivity contribution in [3.8, 4) is 11.5 Å². The number of nitrogens with zero attached hydrogens (tertiary/aromatic N) is 4. The molecular formula is C94H117N17O19S. The number of carboxylic acids is 1. The number of aromatic nitrogens is 2. The zero-order valence-electron chi connectivity index (χ0n) is 74.6. The Morgan fingerprint density at radius 2 is 0.870 bits per heavy atom. The van der Waals surface area contributed by atoms with Crippen molar-refractivity contribution in [1.29, 1.82) is 0 Å². The normalized spacial score (nSPS) is 21.7. The Kier molecular flexibility index (Phi) is 37.1. The number of phenolic OH excluding ortho intramolecular Hbond substituents is 2. The summed E-state index contributed by atoms with van der Waals surface area (Å²) in [6.45, 7) is 6.12. The Morgan fingerprint density at radius 1 is 0.450 bits per heavy atom. The summed E-state index contributed by atoms with van der Waals surface area (Å²) >= 11 is 0.828. The molecule has 6 aromatic carbocycles. The molecule has 17 N–H and O–H groups in total. The summed E-state index contributed by atoms with van der Waals surface area (Å²) in [5, 5.41) is 58.9. The molecule has 0 radical (unpaired) electrons. The molecule has 0 unspecified atom stereocenters. The molecule has 37 heteroatoms. The lowest BCUT2D eigenvalue weighted by Crippen LogP contribution is -2.61. The molecule has 3 heterocycles. The fraction of sp³-hybridized carbons (Fsp3) is 0.404. The third-order valence-electron chi connectivity index (χ3n) is 22.4. The van der Waals surface area contributed by atoms with E-state index in [-0.39, 0.29) is 74.5 Å². The van der Waals surface area contributed by atoms with E-state index in [2.05, 4.69) is 63.1 Å². The number of carbonyl (C=O) groups is 16. The second-order valence-corrected chi connectivity index (χ2v) is 34.6. The Morgan fingerprint density at radius 3 is 1.38 bits per heavy atom. The summed E-state index contributed by atoms with van der Waals surface area (Å²) in [5.41, 5.74) is 9.71. The molecule has 11 atom stereocenters. The number of fused-ring (bicyclic) bond motifs is 2. The predicted octanol–water partition coefficient (Wildman–Crippen LogP) is 2.47. The molecule has 1 aliphatic heterocycles. The van der Waals surface area contributed by atoms with E-state index >= 15 is 38.4 Å². The second kappa shape index (κ2) is 48.3. The van der Waals surface area contributed by atoms with E-state index in [9.17, 15) is 53.7 Å². The van der Waals surface area contributed by atoms with Gasteiger partial charge >= 0.3 is 5.97 Å². The lowest BCUT2D eigenvalue weighted by atomic mass is 9.99. The summed E-state index contributed by atoms with van der Waals surface area (Å²) in [4.78, 5) is 246. The van der Waals surface area contributed by atoms with Crippen molar-refractivity contribution in [2.75, 3.05) is 59.3 Å². The van der Waals surface area contributed by atoms with Gasteiger partial charge in [0.1, 0.15) is 78.0 Å². The highest BCUT2D eigenvalue weighted by molar-refractivity contribution is 8.00. The first-order valence-corrected chi connectivity index (χ1v) is 44.4. The molecule has 36 nitrogen and oxygen atoms in total. The quantitative estimate of drug-likeness (QED) is 0.0437. The van der Waals surface area contributed by atoms with Gasteiger partial charge in [-0.2, -0.15) is 0 Å². The van der Waals surface area contributed by atoms with E-state index in [4.69, 9.17) is 5.73 Å². The highest BCUT2D eigenvalue weighted by Crippen LogP contribution is 2.25. The number of hydrogen-bond donors (Lipinski definition) is 16. The van der Waals surface area contributed by atoms with Crippen molar-refractivity contribution in [2.24, 2.45) is 17.6 Å². The monoisotopic (exact) mass is 1820 g/mol. The molecule has 0 bridgehead atoms. The van der Waals surface area contributed by atoms with E-state index in [1.165, 1.54) is 86.5 Å². The molecular weight excluding hydrogens is 1700 g/mol. The number of primary amides is 1. The molecule has 698 valence electrons. The van der Waals surface area contributed by atoms with Crippen LogP contribution in [0.4, 0.5) is 0 Å². The zero-order chi connectivity index (χ0) is 95.3. The maximum Gasteiger partial charge on any atom is 0.305 e. The van der Waals surface area contributed by atoms with Gasteiger partial charge in [-0.1, -0.05) is 169 Å². The lowest BCUT2D eigenvalue weighted by Gasteiger charge is -2.37.